The molecule has 1 N–H and O–H groups in total. The van der Waals surface area contributed by atoms with Gasteiger partial charge in [0.05, 0.1) is 6.61 Å². The van der Waals surface area contributed by atoms with Gasteiger partial charge in [-0.1, -0.05) is 33.6 Å². The van der Waals surface area contributed by atoms with Gasteiger partial charge in [-0.2, -0.15) is 0 Å². The second-order valence-electron chi connectivity index (χ2n) is 6.32. The van der Waals surface area contributed by atoms with Crippen molar-refractivity contribution in [3.05, 3.63) is 0 Å². The first kappa shape index (κ1) is 16.9. The molecular formula is C16H34N2O. The molecule has 0 heterocycles. The number of hydrogen-bond acceptors (Lipinski definition) is 3. The van der Waals surface area contributed by atoms with Crippen LogP contribution >= 0.6 is 0 Å². The summed E-state index contributed by atoms with van der Waals surface area (Å²) < 4.78 is 5.24. The lowest BCUT2D eigenvalue weighted by atomic mass is 9.70. The number of ether oxygens (including phenoxy) is 1. The van der Waals surface area contributed by atoms with Crippen LogP contribution in [0.25, 0.3) is 0 Å². The van der Waals surface area contributed by atoms with Crippen molar-refractivity contribution in [3.63, 3.8) is 0 Å². The molecule has 0 aliphatic heterocycles. The van der Waals surface area contributed by atoms with Crippen LogP contribution in [-0.4, -0.2) is 51.3 Å². The van der Waals surface area contributed by atoms with Crippen molar-refractivity contribution in [2.75, 3.05) is 46.4 Å². The summed E-state index contributed by atoms with van der Waals surface area (Å²) in [5.74, 6) is 0.920. The Morgan fingerprint density at radius 2 is 1.95 bits per heavy atom. The zero-order chi connectivity index (χ0) is 14.1. The van der Waals surface area contributed by atoms with E-state index in [1.807, 2.05) is 0 Å². The highest BCUT2D eigenvalue weighted by molar-refractivity contribution is 4.89. The Morgan fingerprint density at radius 3 is 2.47 bits per heavy atom. The molecular weight excluding hydrogens is 236 g/mol. The number of hydrogen-bond donors (Lipinski definition) is 1. The molecule has 1 fully saturated rings. The van der Waals surface area contributed by atoms with E-state index in [4.69, 9.17) is 4.74 Å². The molecule has 0 atom stereocenters. The Bertz CT molecular complexity index is 219. The number of methoxy groups -OCH3 is 1. The Labute approximate surface area is 120 Å². The van der Waals surface area contributed by atoms with Crippen molar-refractivity contribution < 1.29 is 4.74 Å². The molecule has 1 aliphatic carbocycles. The maximum Gasteiger partial charge on any atom is 0.0589 e. The summed E-state index contributed by atoms with van der Waals surface area (Å²) in [6, 6.07) is 0. The van der Waals surface area contributed by atoms with E-state index in [9.17, 15) is 0 Å². The fourth-order valence-corrected chi connectivity index (χ4v) is 3.20. The predicted molar refractivity (Wildman–Crippen MR) is 82.6 cm³/mol. The Morgan fingerprint density at radius 1 is 1.26 bits per heavy atom. The molecule has 0 aromatic rings. The van der Waals surface area contributed by atoms with Gasteiger partial charge in [0.15, 0.2) is 0 Å². The van der Waals surface area contributed by atoms with Gasteiger partial charge in [0.25, 0.3) is 0 Å². The molecule has 114 valence electrons. The van der Waals surface area contributed by atoms with Gasteiger partial charge < -0.3 is 15.0 Å². The predicted octanol–water partition coefficient (Wildman–Crippen LogP) is 2.76. The maximum atomic E-state index is 5.24. The summed E-state index contributed by atoms with van der Waals surface area (Å²) in [6.07, 6.45) is 5.55. The molecule has 0 saturated heterocycles. The van der Waals surface area contributed by atoms with E-state index in [1.54, 1.807) is 7.11 Å². The van der Waals surface area contributed by atoms with Gasteiger partial charge in [-0.05, 0) is 37.3 Å². The molecule has 0 spiro atoms. The van der Waals surface area contributed by atoms with E-state index >= 15 is 0 Å². The molecule has 3 nitrogen and oxygen atoms in total. The fourth-order valence-electron chi connectivity index (χ4n) is 3.20. The van der Waals surface area contributed by atoms with Crippen LogP contribution in [0.15, 0.2) is 0 Å². The lowest BCUT2D eigenvalue weighted by molar-refractivity contribution is 0.0714. The smallest absolute Gasteiger partial charge is 0.0589 e. The topological polar surface area (TPSA) is 24.5 Å². The minimum Gasteiger partial charge on any atom is -0.383 e. The van der Waals surface area contributed by atoms with Gasteiger partial charge in [0, 0.05) is 26.7 Å². The van der Waals surface area contributed by atoms with Crippen molar-refractivity contribution in [1.29, 1.82) is 0 Å². The van der Waals surface area contributed by atoms with Gasteiger partial charge in [-0.15, -0.1) is 0 Å². The van der Waals surface area contributed by atoms with Gasteiger partial charge in [0.2, 0.25) is 0 Å². The highest BCUT2D eigenvalue weighted by Crippen LogP contribution is 2.39. The van der Waals surface area contributed by atoms with Gasteiger partial charge >= 0.3 is 0 Å². The summed E-state index contributed by atoms with van der Waals surface area (Å²) >= 11 is 0. The monoisotopic (exact) mass is 270 g/mol. The standard InChI is InChI=1S/C16H34N2O/c1-5-17-13-16(9-7-15(3)8-10-16)14-18(6-2)11-12-19-4/h15,17H,5-14H2,1-4H3. The van der Waals surface area contributed by atoms with Gasteiger partial charge in [0.1, 0.15) is 0 Å². The molecule has 0 radical (unpaired) electrons. The van der Waals surface area contributed by atoms with Gasteiger partial charge in [-0.3, -0.25) is 0 Å². The molecule has 0 unspecified atom stereocenters. The first-order valence-electron chi connectivity index (χ1n) is 8.07. The summed E-state index contributed by atoms with van der Waals surface area (Å²) in [7, 11) is 1.80. The zero-order valence-electron chi connectivity index (χ0n) is 13.5. The molecule has 0 aromatic carbocycles. The second-order valence-corrected chi connectivity index (χ2v) is 6.32. The molecule has 19 heavy (non-hydrogen) atoms. The van der Waals surface area contributed by atoms with Crippen LogP contribution < -0.4 is 5.32 Å². The second kappa shape index (κ2) is 8.93. The average Bonchev–Trinajstić information content (AvgIpc) is 2.44. The van der Waals surface area contributed by atoms with Crippen LogP contribution in [0.3, 0.4) is 0 Å². The average molecular weight is 270 g/mol. The number of nitrogens with zero attached hydrogens (tertiary/aromatic N) is 1. The minimum absolute atomic E-state index is 0.492. The Hall–Kier alpha value is -0.120. The molecule has 0 amide bonds. The van der Waals surface area contributed by atoms with Crippen LogP contribution in [0.2, 0.25) is 0 Å². The zero-order valence-corrected chi connectivity index (χ0v) is 13.5. The van der Waals surface area contributed by atoms with E-state index in [2.05, 4.69) is 31.0 Å². The van der Waals surface area contributed by atoms with Crippen molar-refractivity contribution >= 4 is 0 Å². The van der Waals surface area contributed by atoms with Crippen LogP contribution in [0.4, 0.5) is 0 Å². The number of rotatable bonds is 9. The highest BCUT2D eigenvalue weighted by atomic mass is 16.5. The third-order valence-electron chi connectivity index (χ3n) is 4.70. The van der Waals surface area contributed by atoms with E-state index in [-0.39, 0.29) is 0 Å². The maximum absolute atomic E-state index is 5.24. The summed E-state index contributed by atoms with van der Waals surface area (Å²) in [5.41, 5.74) is 0.492. The first-order valence-corrected chi connectivity index (χ1v) is 8.07. The van der Waals surface area contributed by atoms with Gasteiger partial charge in [-0.25, -0.2) is 0 Å². The molecule has 1 saturated carbocycles. The Kier molecular flexibility index (Phi) is 7.96. The number of likely N-dealkylation sites (N-methyl/N-ethyl adjacent to an activating group) is 1. The van der Waals surface area contributed by atoms with Crippen LogP contribution in [0.1, 0.15) is 46.5 Å². The van der Waals surface area contributed by atoms with E-state index < -0.39 is 0 Å². The fraction of sp³-hybridized carbons (Fsp3) is 1.00. The van der Waals surface area contributed by atoms with Crippen LogP contribution in [0.5, 0.6) is 0 Å². The third kappa shape index (κ3) is 5.80. The highest BCUT2D eigenvalue weighted by Gasteiger charge is 2.35. The molecule has 3 heteroatoms. The normalized spacial score (nSPS) is 27.9. The van der Waals surface area contributed by atoms with Crippen molar-refractivity contribution in [2.45, 2.75) is 46.5 Å². The van der Waals surface area contributed by atoms with E-state index in [1.165, 1.54) is 38.8 Å². The van der Waals surface area contributed by atoms with Crippen molar-refractivity contribution in [3.8, 4) is 0 Å². The van der Waals surface area contributed by atoms with Crippen LogP contribution in [0, 0.1) is 11.3 Å². The van der Waals surface area contributed by atoms with E-state index in [0.29, 0.717) is 5.41 Å². The largest absolute Gasteiger partial charge is 0.383 e. The third-order valence-corrected chi connectivity index (χ3v) is 4.70. The molecule has 0 bridgehead atoms. The molecule has 1 rings (SSSR count). The SMILES string of the molecule is CCNCC1(CN(CC)CCOC)CCC(C)CC1. The lowest BCUT2D eigenvalue weighted by Gasteiger charge is -2.43. The minimum atomic E-state index is 0.492. The quantitative estimate of drug-likeness (QED) is 0.697. The molecule has 1 aliphatic rings. The summed E-state index contributed by atoms with van der Waals surface area (Å²) in [6.45, 7) is 13.4. The van der Waals surface area contributed by atoms with Crippen molar-refractivity contribution in [1.82, 2.24) is 10.2 Å². The summed E-state index contributed by atoms with van der Waals surface area (Å²) in [5, 5.41) is 3.60. The van der Waals surface area contributed by atoms with Crippen molar-refractivity contribution in [2.24, 2.45) is 11.3 Å². The Balaban J connectivity index is 2.56. The van der Waals surface area contributed by atoms with Crippen LogP contribution in [-0.2, 0) is 4.74 Å². The lowest BCUT2D eigenvalue weighted by Crippen LogP contribution is -2.46. The number of nitrogens with one attached hydrogen (secondary N) is 1. The first-order chi connectivity index (χ1) is 9.15. The summed E-state index contributed by atoms with van der Waals surface area (Å²) in [4.78, 5) is 2.57. The molecule has 0 aromatic heterocycles. The van der Waals surface area contributed by atoms with E-state index in [0.717, 1.165) is 32.2 Å².